The van der Waals surface area contributed by atoms with Gasteiger partial charge in [0.05, 0.1) is 16.8 Å². The molecule has 0 radical (unpaired) electrons. The van der Waals surface area contributed by atoms with Gasteiger partial charge in [0.25, 0.3) is 10.0 Å². The highest BCUT2D eigenvalue weighted by Gasteiger charge is 2.21. The van der Waals surface area contributed by atoms with Crippen LogP contribution in [0.3, 0.4) is 0 Å². The van der Waals surface area contributed by atoms with Crippen molar-refractivity contribution in [3.8, 4) is 0 Å². The number of para-hydroxylation sites is 1. The topological polar surface area (TPSA) is 62.3 Å². The molecule has 6 heteroatoms. The van der Waals surface area contributed by atoms with Gasteiger partial charge in [-0.05, 0) is 61.2 Å². The van der Waals surface area contributed by atoms with Crippen molar-refractivity contribution >= 4 is 27.2 Å². The minimum absolute atomic E-state index is 0.279. The van der Waals surface area contributed by atoms with E-state index in [2.05, 4.69) is 26.7 Å². The van der Waals surface area contributed by atoms with Crippen LogP contribution in [0.5, 0.6) is 0 Å². The molecule has 0 saturated carbocycles. The van der Waals surface area contributed by atoms with Gasteiger partial charge in [-0.3, -0.25) is 4.72 Å². The van der Waals surface area contributed by atoms with Crippen LogP contribution in [0.2, 0.25) is 0 Å². The molecular formula is C21H21N3O2S. The minimum Gasteiger partial charge on any atom is -0.340 e. The first-order chi connectivity index (χ1) is 12.9. The molecule has 0 saturated heterocycles. The van der Waals surface area contributed by atoms with Crippen molar-refractivity contribution in [2.75, 3.05) is 16.2 Å². The summed E-state index contributed by atoms with van der Waals surface area (Å²) in [6.45, 7) is 4.56. The average Bonchev–Trinajstić information content (AvgIpc) is 3.08. The zero-order chi connectivity index (χ0) is 19.0. The Labute approximate surface area is 159 Å². The molecule has 0 unspecified atom stereocenters. The van der Waals surface area contributed by atoms with Crippen LogP contribution in [-0.2, 0) is 16.4 Å². The van der Waals surface area contributed by atoms with Gasteiger partial charge >= 0.3 is 0 Å². The Morgan fingerprint density at radius 1 is 1.04 bits per heavy atom. The Hall–Kier alpha value is -2.86. The monoisotopic (exact) mass is 379 g/mol. The number of aryl methyl sites for hydroxylation is 2. The Morgan fingerprint density at radius 2 is 1.85 bits per heavy atom. The van der Waals surface area contributed by atoms with Crippen LogP contribution < -0.4 is 9.62 Å². The lowest BCUT2D eigenvalue weighted by Crippen LogP contribution is -2.16. The maximum atomic E-state index is 12.7. The van der Waals surface area contributed by atoms with Crippen LogP contribution in [-0.4, -0.2) is 19.9 Å². The summed E-state index contributed by atoms with van der Waals surface area (Å²) in [5.41, 5.74) is 5.06. The Morgan fingerprint density at radius 3 is 2.63 bits per heavy atom. The molecule has 1 N–H and O–H groups in total. The second kappa shape index (κ2) is 6.70. The molecule has 1 aliphatic rings. The van der Waals surface area contributed by atoms with E-state index < -0.39 is 10.0 Å². The number of nitrogens with one attached hydrogen (secondary N) is 1. The third kappa shape index (κ3) is 3.40. The van der Waals surface area contributed by atoms with Gasteiger partial charge in [-0.25, -0.2) is 13.4 Å². The summed E-state index contributed by atoms with van der Waals surface area (Å²) < 4.78 is 28.0. The average molecular weight is 379 g/mol. The van der Waals surface area contributed by atoms with Crippen molar-refractivity contribution in [2.45, 2.75) is 25.2 Å². The number of pyridine rings is 1. The highest BCUT2D eigenvalue weighted by molar-refractivity contribution is 7.92. The first kappa shape index (κ1) is 17.5. The lowest BCUT2D eigenvalue weighted by Gasteiger charge is -2.19. The number of hydrogen-bond acceptors (Lipinski definition) is 4. The van der Waals surface area contributed by atoms with Crippen LogP contribution in [0.1, 0.15) is 16.7 Å². The van der Waals surface area contributed by atoms with Crippen LogP contribution in [0.4, 0.5) is 17.2 Å². The van der Waals surface area contributed by atoms with E-state index in [1.165, 1.54) is 11.3 Å². The van der Waals surface area contributed by atoms with Crippen molar-refractivity contribution in [3.05, 3.63) is 77.5 Å². The molecule has 0 aliphatic carbocycles. The van der Waals surface area contributed by atoms with E-state index in [-0.39, 0.29) is 4.90 Å². The van der Waals surface area contributed by atoms with Gasteiger partial charge in [-0.1, -0.05) is 30.3 Å². The molecule has 2 heterocycles. The molecule has 0 atom stereocenters. The standard InChI is InChI=1S/C21H21N3O2S/c1-15-7-8-16(2)20(13-15)27(25,26)23-21-10-9-18(14-22-21)24-12-11-17-5-3-4-6-19(17)24/h3-10,13-14H,11-12H2,1-2H3,(H,22,23). The van der Waals surface area contributed by atoms with Gasteiger partial charge < -0.3 is 4.90 Å². The molecule has 2 aromatic carbocycles. The predicted octanol–water partition coefficient (Wildman–Crippen LogP) is 4.19. The predicted molar refractivity (Wildman–Crippen MR) is 108 cm³/mol. The first-order valence-electron chi connectivity index (χ1n) is 8.86. The van der Waals surface area contributed by atoms with Crippen molar-refractivity contribution in [1.82, 2.24) is 4.98 Å². The Balaban J connectivity index is 1.57. The molecule has 0 bridgehead atoms. The molecule has 1 aliphatic heterocycles. The van der Waals surface area contributed by atoms with E-state index in [1.54, 1.807) is 25.3 Å². The van der Waals surface area contributed by atoms with Gasteiger partial charge in [-0.2, -0.15) is 0 Å². The largest absolute Gasteiger partial charge is 0.340 e. The summed E-state index contributed by atoms with van der Waals surface area (Å²) in [6, 6.07) is 17.3. The van der Waals surface area contributed by atoms with Crippen molar-refractivity contribution in [2.24, 2.45) is 0 Å². The van der Waals surface area contributed by atoms with Crippen molar-refractivity contribution < 1.29 is 8.42 Å². The third-order valence-corrected chi connectivity index (χ3v) is 6.32. The van der Waals surface area contributed by atoms with Gasteiger partial charge in [0.1, 0.15) is 5.82 Å². The van der Waals surface area contributed by atoms with E-state index in [0.717, 1.165) is 24.2 Å². The van der Waals surface area contributed by atoms with Crippen LogP contribution in [0, 0.1) is 13.8 Å². The second-order valence-corrected chi connectivity index (χ2v) is 8.46. The number of nitrogens with zero attached hydrogens (tertiary/aromatic N) is 2. The summed E-state index contributed by atoms with van der Waals surface area (Å²) in [5, 5.41) is 0. The van der Waals surface area contributed by atoms with Crippen LogP contribution in [0.15, 0.2) is 65.7 Å². The fourth-order valence-corrected chi connectivity index (χ4v) is 4.74. The second-order valence-electron chi connectivity index (χ2n) is 6.81. The van der Waals surface area contributed by atoms with Gasteiger partial charge in [-0.15, -0.1) is 0 Å². The molecule has 1 aromatic heterocycles. The number of fused-ring (bicyclic) bond motifs is 1. The molecule has 0 spiro atoms. The summed E-state index contributed by atoms with van der Waals surface area (Å²) in [6.07, 6.45) is 2.71. The molecule has 0 amide bonds. The number of benzene rings is 2. The molecule has 5 nitrogen and oxygen atoms in total. The maximum Gasteiger partial charge on any atom is 0.263 e. The van der Waals surface area contributed by atoms with E-state index in [1.807, 2.05) is 37.3 Å². The molecule has 27 heavy (non-hydrogen) atoms. The number of aromatic nitrogens is 1. The fraction of sp³-hybridized carbons (Fsp3) is 0.190. The highest BCUT2D eigenvalue weighted by Crippen LogP contribution is 2.34. The van der Waals surface area contributed by atoms with Gasteiger partial charge in [0.2, 0.25) is 0 Å². The first-order valence-corrected chi connectivity index (χ1v) is 10.3. The van der Waals surface area contributed by atoms with Gasteiger partial charge in [0.15, 0.2) is 0 Å². The molecule has 0 fully saturated rings. The maximum absolute atomic E-state index is 12.7. The normalized spacial score (nSPS) is 13.5. The lowest BCUT2D eigenvalue weighted by molar-refractivity contribution is 0.600. The van der Waals surface area contributed by atoms with E-state index in [0.29, 0.717) is 11.4 Å². The minimum atomic E-state index is -3.67. The highest BCUT2D eigenvalue weighted by atomic mass is 32.2. The third-order valence-electron chi connectivity index (χ3n) is 4.82. The number of anilines is 3. The van der Waals surface area contributed by atoms with Crippen LogP contribution >= 0.6 is 0 Å². The zero-order valence-electron chi connectivity index (χ0n) is 15.3. The van der Waals surface area contributed by atoms with E-state index in [4.69, 9.17) is 0 Å². The summed E-state index contributed by atoms with van der Waals surface area (Å²) in [7, 11) is -3.67. The summed E-state index contributed by atoms with van der Waals surface area (Å²) in [5.74, 6) is 0.312. The Kier molecular flexibility index (Phi) is 4.36. The molecule has 138 valence electrons. The smallest absolute Gasteiger partial charge is 0.263 e. The molecule has 3 aromatic rings. The fourth-order valence-electron chi connectivity index (χ4n) is 3.40. The van der Waals surface area contributed by atoms with E-state index in [9.17, 15) is 8.42 Å². The quantitative estimate of drug-likeness (QED) is 0.738. The SMILES string of the molecule is Cc1ccc(C)c(S(=O)(=O)Nc2ccc(N3CCc4ccccc43)cn2)c1. The Bertz CT molecular complexity index is 1090. The van der Waals surface area contributed by atoms with Crippen molar-refractivity contribution in [1.29, 1.82) is 0 Å². The van der Waals surface area contributed by atoms with Crippen LogP contribution in [0.25, 0.3) is 0 Å². The number of rotatable bonds is 4. The van der Waals surface area contributed by atoms with E-state index >= 15 is 0 Å². The molecule has 4 rings (SSSR count). The number of hydrogen-bond donors (Lipinski definition) is 1. The molecular weight excluding hydrogens is 358 g/mol. The summed E-state index contributed by atoms with van der Waals surface area (Å²) >= 11 is 0. The summed E-state index contributed by atoms with van der Waals surface area (Å²) in [4.78, 5) is 6.81. The number of sulfonamides is 1. The van der Waals surface area contributed by atoms with Crippen molar-refractivity contribution in [3.63, 3.8) is 0 Å². The zero-order valence-corrected chi connectivity index (χ0v) is 16.1. The lowest BCUT2D eigenvalue weighted by atomic mass is 10.2. The van der Waals surface area contributed by atoms with Gasteiger partial charge in [0, 0.05) is 12.2 Å².